The van der Waals surface area contributed by atoms with E-state index in [1.54, 1.807) is 24.3 Å². The lowest BCUT2D eigenvalue weighted by atomic mass is 10.1. The van der Waals surface area contributed by atoms with Gasteiger partial charge in [0.1, 0.15) is 6.04 Å². The van der Waals surface area contributed by atoms with Crippen LogP contribution >= 0.6 is 0 Å². The summed E-state index contributed by atoms with van der Waals surface area (Å²) < 4.78 is 0. The molecule has 0 saturated carbocycles. The quantitative estimate of drug-likeness (QED) is 0.737. The monoisotopic (exact) mass is 279 g/mol. The Morgan fingerprint density at radius 1 is 1.15 bits per heavy atom. The molecule has 0 radical (unpaired) electrons. The van der Waals surface area contributed by atoms with E-state index in [0.29, 0.717) is 11.3 Å². The number of carboxylic acid groups (broad SMARTS) is 2. The summed E-state index contributed by atoms with van der Waals surface area (Å²) in [5.74, 6) is -2.11. The summed E-state index contributed by atoms with van der Waals surface area (Å²) in [4.78, 5) is 34.4. The van der Waals surface area contributed by atoms with E-state index in [4.69, 9.17) is 10.2 Å². The normalized spacial score (nSPS) is 11.7. The van der Waals surface area contributed by atoms with Gasteiger partial charge in [0.15, 0.2) is 5.78 Å². The highest BCUT2D eigenvalue weighted by Gasteiger charge is 2.21. The second-order valence-electron chi connectivity index (χ2n) is 4.45. The Morgan fingerprint density at radius 3 is 2.10 bits per heavy atom. The van der Waals surface area contributed by atoms with Crippen molar-refractivity contribution in [2.75, 3.05) is 11.4 Å². The molecule has 0 heterocycles. The van der Waals surface area contributed by atoms with Gasteiger partial charge in [0, 0.05) is 17.8 Å². The molecule has 0 aliphatic rings. The van der Waals surface area contributed by atoms with Gasteiger partial charge in [0.2, 0.25) is 0 Å². The highest BCUT2D eigenvalue weighted by molar-refractivity contribution is 5.94. The molecule has 1 aromatic carbocycles. The first kappa shape index (κ1) is 15.7. The van der Waals surface area contributed by atoms with Crippen LogP contribution < -0.4 is 4.90 Å². The highest BCUT2D eigenvalue weighted by Crippen LogP contribution is 2.19. The van der Waals surface area contributed by atoms with Crippen LogP contribution in [0, 0.1) is 0 Å². The van der Waals surface area contributed by atoms with Gasteiger partial charge in [-0.15, -0.1) is 0 Å². The van der Waals surface area contributed by atoms with Gasteiger partial charge in [-0.1, -0.05) is 0 Å². The molecule has 6 heteroatoms. The molecule has 0 aliphatic heterocycles. The molecule has 0 saturated heterocycles. The third-order valence-electron chi connectivity index (χ3n) is 3.00. The Bertz CT molecular complexity index is 509. The molecule has 1 unspecified atom stereocenters. The zero-order valence-corrected chi connectivity index (χ0v) is 11.4. The zero-order valence-electron chi connectivity index (χ0n) is 11.4. The molecular formula is C14H17NO5. The van der Waals surface area contributed by atoms with Crippen LogP contribution in [0.4, 0.5) is 5.69 Å². The number of nitrogens with zero attached hydrogens (tertiary/aromatic N) is 1. The molecular weight excluding hydrogens is 262 g/mol. The van der Waals surface area contributed by atoms with Crippen molar-refractivity contribution in [3.8, 4) is 0 Å². The summed E-state index contributed by atoms with van der Waals surface area (Å²) in [5.41, 5.74) is 1.10. The predicted molar refractivity (Wildman–Crippen MR) is 73.1 cm³/mol. The van der Waals surface area contributed by atoms with Crippen molar-refractivity contribution in [1.29, 1.82) is 0 Å². The topological polar surface area (TPSA) is 94.9 Å². The second-order valence-corrected chi connectivity index (χ2v) is 4.45. The minimum atomic E-state index is -1.04. The average molecular weight is 279 g/mol. The van der Waals surface area contributed by atoms with E-state index in [2.05, 4.69) is 0 Å². The molecule has 6 nitrogen and oxygen atoms in total. The third-order valence-corrected chi connectivity index (χ3v) is 3.00. The summed E-state index contributed by atoms with van der Waals surface area (Å²) in [6, 6.07) is 5.59. The molecule has 1 aromatic rings. The molecule has 1 atom stereocenters. The van der Waals surface area contributed by atoms with Crippen molar-refractivity contribution in [2.24, 2.45) is 0 Å². The number of carboxylic acids is 2. The lowest BCUT2D eigenvalue weighted by molar-refractivity contribution is -0.139. The van der Waals surface area contributed by atoms with Crippen LogP contribution in [-0.2, 0) is 9.59 Å². The van der Waals surface area contributed by atoms with Crippen LogP contribution in [-0.4, -0.2) is 40.5 Å². The molecule has 1 rings (SSSR count). The maximum absolute atomic E-state index is 11.2. The van der Waals surface area contributed by atoms with Crippen LogP contribution in [0.15, 0.2) is 24.3 Å². The summed E-state index contributed by atoms with van der Waals surface area (Å²) in [6.45, 7) is 3.02. The molecule has 0 amide bonds. The van der Waals surface area contributed by atoms with Crippen molar-refractivity contribution in [3.05, 3.63) is 29.8 Å². The van der Waals surface area contributed by atoms with Crippen LogP contribution in [0.25, 0.3) is 0 Å². The Hall–Kier alpha value is -2.37. The molecule has 0 aromatic heterocycles. The highest BCUT2D eigenvalue weighted by atomic mass is 16.4. The van der Waals surface area contributed by atoms with E-state index in [1.165, 1.54) is 18.7 Å². The third kappa shape index (κ3) is 4.08. The number of carbonyl (C=O) groups excluding carboxylic acids is 1. The van der Waals surface area contributed by atoms with Gasteiger partial charge in [-0.2, -0.15) is 0 Å². The second kappa shape index (κ2) is 6.70. The Balaban J connectivity index is 2.99. The number of benzene rings is 1. The first-order valence-corrected chi connectivity index (χ1v) is 6.15. The van der Waals surface area contributed by atoms with Crippen molar-refractivity contribution >= 4 is 23.4 Å². The van der Waals surface area contributed by atoms with Gasteiger partial charge in [0.05, 0.1) is 6.42 Å². The molecule has 20 heavy (non-hydrogen) atoms. The first-order chi connectivity index (χ1) is 9.32. The molecule has 0 spiro atoms. The minimum absolute atomic E-state index is 0.0834. The fraction of sp³-hybridized carbons (Fsp3) is 0.357. The first-order valence-electron chi connectivity index (χ1n) is 6.15. The number of hydrogen-bond donors (Lipinski definition) is 2. The maximum Gasteiger partial charge on any atom is 0.326 e. The Morgan fingerprint density at radius 2 is 1.70 bits per heavy atom. The van der Waals surface area contributed by atoms with E-state index in [9.17, 15) is 14.4 Å². The van der Waals surface area contributed by atoms with Crippen molar-refractivity contribution in [1.82, 2.24) is 0 Å². The van der Waals surface area contributed by atoms with Gasteiger partial charge in [-0.3, -0.25) is 9.59 Å². The fourth-order valence-corrected chi connectivity index (χ4v) is 1.78. The van der Waals surface area contributed by atoms with Gasteiger partial charge in [-0.25, -0.2) is 4.79 Å². The number of anilines is 1. The van der Waals surface area contributed by atoms with Gasteiger partial charge >= 0.3 is 11.9 Å². The molecule has 0 aliphatic carbocycles. The van der Waals surface area contributed by atoms with E-state index in [1.807, 2.05) is 0 Å². The SMILES string of the molecule is CC(=O)c1ccc(N(CCC(=O)O)C(C)C(=O)O)cc1. The fourth-order valence-electron chi connectivity index (χ4n) is 1.78. The predicted octanol–water partition coefficient (Wildman–Crippen LogP) is 1.64. The van der Waals surface area contributed by atoms with Crippen molar-refractivity contribution in [3.63, 3.8) is 0 Å². The Labute approximate surface area is 116 Å². The van der Waals surface area contributed by atoms with Gasteiger partial charge in [-0.05, 0) is 38.1 Å². The number of aliphatic carboxylic acids is 2. The van der Waals surface area contributed by atoms with Crippen LogP contribution in [0.3, 0.4) is 0 Å². The maximum atomic E-state index is 11.2. The molecule has 0 fully saturated rings. The zero-order chi connectivity index (χ0) is 15.3. The number of Topliss-reactive ketones (excluding diaryl/α,β-unsaturated/α-hetero) is 1. The molecule has 108 valence electrons. The summed E-state index contributed by atoms with van der Waals surface area (Å²) in [6.07, 6.45) is -0.161. The van der Waals surface area contributed by atoms with Crippen molar-refractivity contribution in [2.45, 2.75) is 26.3 Å². The van der Waals surface area contributed by atoms with E-state index in [-0.39, 0.29) is 18.7 Å². The van der Waals surface area contributed by atoms with E-state index >= 15 is 0 Å². The number of rotatable bonds is 7. The Kier molecular flexibility index (Phi) is 5.25. The minimum Gasteiger partial charge on any atom is -0.481 e. The number of hydrogen-bond acceptors (Lipinski definition) is 4. The summed E-state index contributed by atoms with van der Waals surface area (Å²) in [5, 5.41) is 17.8. The lowest BCUT2D eigenvalue weighted by Crippen LogP contribution is -2.40. The van der Waals surface area contributed by atoms with Crippen LogP contribution in [0.5, 0.6) is 0 Å². The van der Waals surface area contributed by atoms with Crippen LogP contribution in [0.1, 0.15) is 30.6 Å². The smallest absolute Gasteiger partial charge is 0.326 e. The molecule has 2 N–H and O–H groups in total. The standard InChI is InChI=1S/C14H17NO5/c1-9(14(19)20)15(8-7-13(17)18)12-5-3-11(4-6-12)10(2)16/h3-6,9H,7-8H2,1-2H3,(H,17,18)(H,19,20). The summed E-state index contributed by atoms with van der Waals surface area (Å²) in [7, 11) is 0. The van der Waals surface area contributed by atoms with E-state index in [0.717, 1.165) is 0 Å². The largest absolute Gasteiger partial charge is 0.481 e. The average Bonchev–Trinajstić information content (AvgIpc) is 2.38. The van der Waals surface area contributed by atoms with Crippen molar-refractivity contribution < 1.29 is 24.6 Å². The van der Waals surface area contributed by atoms with Gasteiger partial charge in [0.25, 0.3) is 0 Å². The van der Waals surface area contributed by atoms with Gasteiger partial charge < -0.3 is 15.1 Å². The van der Waals surface area contributed by atoms with E-state index < -0.39 is 18.0 Å². The number of carbonyl (C=O) groups is 3. The number of ketones is 1. The van der Waals surface area contributed by atoms with Crippen LogP contribution in [0.2, 0.25) is 0 Å². The lowest BCUT2D eigenvalue weighted by Gasteiger charge is -2.28. The molecule has 0 bridgehead atoms. The summed E-state index contributed by atoms with van der Waals surface area (Å²) >= 11 is 0.